The minimum atomic E-state index is -0.327. The Labute approximate surface area is 174 Å². The van der Waals surface area contributed by atoms with Crippen LogP contribution in [0.25, 0.3) is 11.0 Å². The molecule has 1 aliphatic rings. The van der Waals surface area contributed by atoms with Crippen LogP contribution in [0.4, 0.5) is 5.69 Å². The van der Waals surface area contributed by atoms with Gasteiger partial charge < -0.3 is 20.2 Å². The number of para-hydroxylation sites is 1. The standard InChI is InChI=1S/C23H25N3O4/c1-29-14-18-17-8-2-3-10-20(17)30-21(18)23(28)25-16-7-4-6-15(12-16)13-26-11-5-9-19(26)22(24)27/h2-4,6-8,10,12,19H,5,9,11,13-14H2,1H3,(H2,24,27)(H,25,28). The second-order valence-corrected chi connectivity index (χ2v) is 7.52. The van der Waals surface area contributed by atoms with E-state index < -0.39 is 0 Å². The molecule has 0 aliphatic carbocycles. The molecule has 2 amide bonds. The van der Waals surface area contributed by atoms with Crippen LogP contribution >= 0.6 is 0 Å². The van der Waals surface area contributed by atoms with Gasteiger partial charge in [-0.3, -0.25) is 14.5 Å². The van der Waals surface area contributed by atoms with E-state index in [1.165, 1.54) is 0 Å². The Morgan fingerprint density at radius 3 is 2.87 bits per heavy atom. The fourth-order valence-electron chi connectivity index (χ4n) is 4.08. The molecule has 1 aliphatic heterocycles. The first-order chi connectivity index (χ1) is 14.6. The van der Waals surface area contributed by atoms with E-state index in [1.54, 1.807) is 7.11 Å². The number of rotatable bonds is 7. The summed E-state index contributed by atoms with van der Waals surface area (Å²) >= 11 is 0. The number of nitrogens with zero attached hydrogens (tertiary/aromatic N) is 1. The molecule has 2 aromatic carbocycles. The Kier molecular flexibility index (Phi) is 5.83. The summed E-state index contributed by atoms with van der Waals surface area (Å²) in [4.78, 5) is 26.7. The summed E-state index contributed by atoms with van der Waals surface area (Å²) in [6.45, 7) is 1.73. The second-order valence-electron chi connectivity index (χ2n) is 7.52. The number of ether oxygens (including phenoxy) is 1. The molecule has 1 unspecified atom stereocenters. The Morgan fingerprint density at radius 2 is 2.07 bits per heavy atom. The van der Waals surface area contributed by atoms with Crippen LogP contribution in [0.3, 0.4) is 0 Å². The fraction of sp³-hybridized carbons (Fsp3) is 0.304. The van der Waals surface area contributed by atoms with Gasteiger partial charge in [-0.25, -0.2) is 0 Å². The fourth-order valence-corrected chi connectivity index (χ4v) is 4.08. The van der Waals surface area contributed by atoms with Gasteiger partial charge in [-0.05, 0) is 43.1 Å². The van der Waals surface area contributed by atoms with Crippen molar-refractivity contribution in [2.24, 2.45) is 5.73 Å². The quantitative estimate of drug-likeness (QED) is 0.626. The van der Waals surface area contributed by atoms with Crippen LogP contribution in [-0.4, -0.2) is 36.4 Å². The normalized spacial score (nSPS) is 16.8. The Morgan fingerprint density at radius 1 is 1.23 bits per heavy atom. The number of hydrogen-bond acceptors (Lipinski definition) is 5. The van der Waals surface area contributed by atoms with E-state index in [-0.39, 0.29) is 30.2 Å². The van der Waals surface area contributed by atoms with E-state index in [2.05, 4.69) is 10.2 Å². The van der Waals surface area contributed by atoms with Crippen LogP contribution in [0.15, 0.2) is 52.9 Å². The van der Waals surface area contributed by atoms with Crippen molar-refractivity contribution in [2.75, 3.05) is 19.0 Å². The summed E-state index contributed by atoms with van der Waals surface area (Å²) in [5.74, 6) is -0.365. The van der Waals surface area contributed by atoms with E-state index in [0.717, 1.165) is 35.9 Å². The molecule has 1 atom stereocenters. The number of primary amides is 1. The number of methoxy groups -OCH3 is 1. The molecule has 2 heterocycles. The van der Waals surface area contributed by atoms with Gasteiger partial charge >= 0.3 is 0 Å². The van der Waals surface area contributed by atoms with E-state index >= 15 is 0 Å². The van der Waals surface area contributed by atoms with Crippen molar-refractivity contribution in [3.63, 3.8) is 0 Å². The molecule has 7 nitrogen and oxygen atoms in total. The predicted molar refractivity (Wildman–Crippen MR) is 114 cm³/mol. The molecule has 1 saturated heterocycles. The predicted octanol–water partition coefficient (Wildman–Crippen LogP) is 3.28. The zero-order valence-electron chi connectivity index (χ0n) is 16.9. The third-order valence-electron chi connectivity index (χ3n) is 5.46. The molecule has 0 spiro atoms. The lowest BCUT2D eigenvalue weighted by Crippen LogP contribution is -2.39. The highest BCUT2D eigenvalue weighted by Crippen LogP contribution is 2.28. The Bertz CT molecular complexity index is 1080. The van der Waals surface area contributed by atoms with Gasteiger partial charge in [-0.1, -0.05) is 30.3 Å². The SMILES string of the molecule is COCc1c(C(=O)Nc2cccc(CN3CCCC3C(N)=O)c2)oc2ccccc12. The molecule has 1 fully saturated rings. The van der Waals surface area contributed by atoms with Crippen molar-refractivity contribution in [3.8, 4) is 0 Å². The minimum absolute atomic E-state index is 0.226. The zero-order chi connectivity index (χ0) is 21.1. The van der Waals surface area contributed by atoms with Crippen molar-refractivity contribution in [2.45, 2.75) is 32.0 Å². The molecule has 156 valence electrons. The van der Waals surface area contributed by atoms with Gasteiger partial charge in [0, 0.05) is 30.3 Å². The average Bonchev–Trinajstić information content (AvgIpc) is 3.34. The van der Waals surface area contributed by atoms with Crippen LogP contribution in [0.5, 0.6) is 0 Å². The number of likely N-dealkylation sites (tertiary alicyclic amines) is 1. The van der Waals surface area contributed by atoms with Gasteiger partial charge in [0.05, 0.1) is 12.6 Å². The van der Waals surface area contributed by atoms with Crippen LogP contribution in [0, 0.1) is 0 Å². The second kappa shape index (κ2) is 8.69. The van der Waals surface area contributed by atoms with Gasteiger partial charge in [0.25, 0.3) is 5.91 Å². The van der Waals surface area contributed by atoms with Crippen molar-refractivity contribution in [1.29, 1.82) is 0 Å². The van der Waals surface area contributed by atoms with Crippen LogP contribution in [0.1, 0.15) is 34.5 Å². The number of benzene rings is 2. The summed E-state index contributed by atoms with van der Waals surface area (Å²) in [5, 5.41) is 3.78. The number of amides is 2. The summed E-state index contributed by atoms with van der Waals surface area (Å²) in [6, 6.07) is 14.9. The Balaban J connectivity index is 1.53. The smallest absolute Gasteiger partial charge is 0.291 e. The van der Waals surface area contributed by atoms with Gasteiger partial charge in [0.15, 0.2) is 5.76 Å². The van der Waals surface area contributed by atoms with Crippen molar-refractivity contribution < 1.29 is 18.7 Å². The first-order valence-corrected chi connectivity index (χ1v) is 10.00. The number of nitrogens with two attached hydrogens (primary N) is 1. The zero-order valence-corrected chi connectivity index (χ0v) is 16.9. The van der Waals surface area contributed by atoms with Crippen molar-refractivity contribution in [3.05, 3.63) is 65.4 Å². The first-order valence-electron chi connectivity index (χ1n) is 10.00. The van der Waals surface area contributed by atoms with Crippen molar-refractivity contribution >= 4 is 28.5 Å². The highest BCUT2D eigenvalue weighted by atomic mass is 16.5. The Hall–Kier alpha value is -3.16. The maximum Gasteiger partial charge on any atom is 0.291 e. The number of furan rings is 1. The third kappa shape index (κ3) is 4.08. The van der Waals surface area contributed by atoms with E-state index in [4.69, 9.17) is 14.9 Å². The van der Waals surface area contributed by atoms with Gasteiger partial charge in [0.2, 0.25) is 5.91 Å². The summed E-state index contributed by atoms with van der Waals surface area (Å²) in [5.41, 5.74) is 8.55. The van der Waals surface area contributed by atoms with Crippen LogP contribution in [0.2, 0.25) is 0 Å². The lowest BCUT2D eigenvalue weighted by atomic mass is 10.1. The molecular formula is C23H25N3O4. The molecule has 0 saturated carbocycles. The number of nitrogens with one attached hydrogen (secondary N) is 1. The monoisotopic (exact) mass is 407 g/mol. The van der Waals surface area contributed by atoms with Crippen molar-refractivity contribution in [1.82, 2.24) is 4.90 Å². The molecule has 3 aromatic rings. The molecular weight excluding hydrogens is 382 g/mol. The molecule has 3 N–H and O–H groups in total. The van der Waals surface area contributed by atoms with Gasteiger partial charge in [-0.15, -0.1) is 0 Å². The number of fused-ring (bicyclic) bond motifs is 1. The largest absolute Gasteiger partial charge is 0.451 e. The summed E-state index contributed by atoms with van der Waals surface area (Å²) in [7, 11) is 1.59. The highest BCUT2D eigenvalue weighted by Gasteiger charge is 2.28. The van der Waals surface area contributed by atoms with Gasteiger partial charge in [-0.2, -0.15) is 0 Å². The maximum atomic E-state index is 12.9. The topological polar surface area (TPSA) is 97.8 Å². The minimum Gasteiger partial charge on any atom is -0.451 e. The number of hydrogen-bond donors (Lipinski definition) is 2. The van der Waals surface area contributed by atoms with Gasteiger partial charge in [0.1, 0.15) is 5.58 Å². The van der Waals surface area contributed by atoms with Crippen LogP contribution < -0.4 is 11.1 Å². The molecule has 0 bridgehead atoms. The lowest BCUT2D eigenvalue weighted by Gasteiger charge is -2.22. The molecule has 30 heavy (non-hydrogen) atoms. The molecule has 0 radical (unpaired) electrons. The molecule has 1 aromatic heterocycles. The average molecular weight is 407 g/mol. The summed E-state index contributed by atoms with van der Waals surface area (Å²) in [6.07, 6.45) is 1.75. The maximum absolute atomic E-state index is 12.9. The molecule has 4 rings (SSSR count). The number of carbonyl (C=O) groups excluding carboxylic acids is 2. The van der Waals surface area contributed by atoms with E-state index in [9.17, 15) is 9.59 Å². The molecule has 7 heteroatoms. The number of carbonyl (C=O) groups is 2. The van der Waals surface area contributed by atoms with E-state index in [1.807, 2.05) is 48.5 Å². The third-order valence-corrected chi connectivity index (χ3v) is 5.46. The van der Waals surface area contributed by atoms with Crippen LogP contribution in [-0.2, 0) is 22.7 Å². The highest BCUT2D eigenvalue weighted by molar-refractivity contribution is 6.06. The lowest BCUT2D eigenvalue weighted by molar-refractivity contribution is -0.122. The number of anilines is 1. The summed E-state index contributed by atoms with van der Waals surface area (Å²) < 4.78 is 11.1. The first kappa shape index (κ1) is 20.1. The van der Waals surface area contributed by atoms with E-state index in [0.29, 0.717) is 17.8 Å².